The summed E-state index contributed by atoms with van der Waals surface area (Å²) in [5, 5.41) is 5.74. The minimum absolute atomic E-state index is 0.0443. The van der Waals surface area contributed by atoms with E-state index in [0.717, 1.165) is 16.6 Å². The lowest BCUT2D eigenvalue weighted by atomic mass is 10.1. The lowest BCUT2D eigenvalue weighted by Gasteiger charge is -2.17. The Labute approximate surface area is 253 Å². The maximum Gasteiger partial charge on any atom is 0.340 e. The van der Waals surface area contributed by atoms with Gasteiger partial charge in [-0.3, -0.25) is 23.5 Å². The Kier molecular flexibility index (Phi) is 9.65. The van der Waals surface area contributed by atoms with E-state index in [4.69, 9.17) is 9.47 Å². The Morgan fingerprint density at radius 3 is 2.50 bits per heavy atom. The van der Waals surface area contributed by atoms with Crippen molar-refractivity contribution in [2.45, 2.75) is 45.4 Å². The predicted octanol–water partition coefficient (Wildman–Crippen LogP) is 3.13. The normalized spacial score (nSPS) is 14.3. The van der Waals surface area contributed by atoms with Crippen LogP contribution in [0.25, 0.3) is 10.9 Å². The van der Waals surface area contributed by atoms with E-state index in [1.807, 2.05) is 30.3 Å². The highest BCUT2D eigenvalue weighted by molar-refractivity contribution is 6.02. The maximum absolute atomic E-state index is 13.8. The van der Waals surface area contributed by atoms with Crippen molar-refractivity contribution in [1.29, 1.82) is 0 Å². The third-order valence-corrected chi connectivity index (χ3v) is 7.44. The molecule has 1 aromatic heterocycles. The number of amides is 2. The summed E-state index contributed by atoms with van der Waals surface area (Å²) in [6, 6.07) is 20.6. The Morgan fingerprint density at radius 1 is 0.977 bits per heavy atom. The SMILES string of the molecule is CCOC(=O)c1ccccc1NC(=O)Cn1c(=O)n(CC2CCCO2)c(=O)c2ccc(C(=O)NCCc3ccccc3)cc21. The molecule has 1 atom stereocenters. The van der Waals surface area contributed by atoms with Crippen LogP contribution < -0.4 is 21.9 Å². The largest absolute Gasteiger partial charge is 0.462 e. The van der Waals surface area contributed by atoms with Gasteiger partial charge < -0.3 is 20.1 Å². The van der Waals surface area contributed by atoms with Crippen LogP contribution in [0.1, 0.15) is 46.0 Å². The molecule has 1 aliphatic rings. The molecule has 5 rings (SSSR count). The quantitative estimate of drug-likeness (QED) is 0.253. The molecule has 2 amide bonds. The molecule has 11 heteroatoms. The topological polar surface area (TPSA) is 138 Å². The number of nitrogens with one attached hydrogen (secondary N) is 2. The third-order valence-electron chi connectivity index (χ3n) is 7.44. The first-order chi connectivity index (χ1) is 21.4. The maximum atomic E-state index is 13.8. The molecular weight excluding hydrogens is 564 g/mol. The summed E-state index contributed by atoms with van der Waals surface area (Å²) >= 11 is 0. The number of hydrogen-bond donors (Lipinski definition) is 2. The fourth-order valence-corrected chi connectivity index (χ4v) is 5.24. The number of esters is 1. The Balaban J connectivity index is 1.47. The second-order valence-electron chi connectivity index (χ2n) is 10.5. The minimum Gasteiger partial charge on any atom is -0.462 e. The van der Waals surface area contributed by atoms with E-state index >= 15 is 0 Å². The molecule has 2 N–H and O–H groups in total. The number of carbonyl (C=O) groups excluding carboxylic acids is 3. The van der Waals surface area contributed by atoms with Gasteiger partial charge in [0.05, 0.1) is 41.4 Å². The Morgan fingerprint density at radius 2 is 1.75 bits per heavy atom. The zero-order chi connectivity index (χ0) is 31.1. The van der Waals surface area contributed by atoms with E-state index in [9.17, 15) is 24.0 Å². The minimum atomic E-state index is -0.700. The predicted molar refractivity (Wildman–Crippen MR) is 165 cm³/mol. The highest BCUT2D eigenvalue weighted by Crippen LogP contribution is 2.18. The summed E-state index contributed by atoms with van der Waals surface area (Å²) in [6.07, 6.45) is 1.86. The molecular formula is C33H34N4O7. The van der Waals surface area contributed by atoms with Crippen molar-refractivity contribution in [1.82, 2.24) is 14.5 Å². The number of ether oxygens (including phenoxy) is 2. The van der Waals surface area contributed by atoms with Gasteiger partial charge >= 0.3 is 11.7 Å². The van der Waals surface area contributed by atoms with Crippen LogP contribution in [0.15, 0.2) is 82.4 Å². The van der Waals surface area contributed by atoms with Crippen molar-refractivity contribution in [3.8, 4) is 0 Å². The van der Waals surface area contributed by atoms with Gasteiger partial charge in [-0.1, -0.05) is 42.5 Å². The van der Waals surface area contributed by atoms with E-state index in [1.54, 1.807) is 25.1 Å². The molecule has 0 radical (unpaired) electrons. The van der Waals surface area contributed by atoms with Gasteiger partial charge in [0.15, 0.2) is 0 Å². The summed E-state index contributed by atoms with van der Waals surface area (Å²) in [5.74, 6) is -1.58. The monoisotopic (exact) mass is 598 g/mol. The van der Waals surface area contributed by atoms with Crippen molar-refractivity contribution in [3.63, 3.8) is 0 Å². The van der Waals surface area contributed by atoms with Crippen molar-refractivity contribution in [2.75, 3.05) is 25.1 Å². The van der Waals surface area contributed by atoms with Crippen LogP contribution in [0.5, 0.6) is 0 Å². The van der Waals surface area contributed by atoms with Gasteiger partial charge in [-0.05, 0) is 62.1 Å². The molecule has 2 heterocycles. The molecule has 1 unspecified atom stereocenters. The Bertz CT molecular complexity index is 1790. The molecule has 4 aromatic rings. The average Bonchev–Trinajstić information content (AvgIpc) is 3.55. The molecule has 228 valence electrons. The summed E-state index contributed by atoms with van der Waals surface area (Å²) in [5.41, 5.74) is 0.616. The number of hydrogen-bond acceptors (Lipinski definition) is 7. The number of carbonyl (C=O) groups is 3. The van der Waals surface area contributed by atoms with Crippen LogP contribution >= 0.6 is 0 Å². The molecule has 44 heavy (non-hydrogen) atoms. The van der Waals surface area contributed by atoms with E-state index in [-0.39, 0.29) is 52.9 Å². The van der Waals surface area contributed by atoms with Gasteiger partial charge in [-0.2, -0.15) is 0 Å². The van der Waals surface area contributed by atoms with Gasteiger partial charge in [0.25, 0.3) is 11.5 Å². The summed E-state index contributed by atoms with van der Waals surface area (Å²) in [4.78, 5) is 66.1. The van der Waals surface area contributed by atoms with Crippen LogP contribution in [-0.2, 0) is 33.8 Å². The molecule has 3 aromatic carbocycles. The van der Waals surface area contributed by atoms with E-state index < -0.39 is 29.7 Å². The summed E-state index contributed by atoms with van der Waals surface area (Å²) < 4.78 is 13.0. The second kappa shape index (κ2) is 14.0. The first kappa shape index (κ1) is 30.4. The molecule has 0 aliphatic carbocycles. The zero-order valence-electron chi connectivity index (χ0n) is 24.4. The third kappa shape index (κ3) is 6.95. The van der Waals surface area contributed by atoms with Crippen molar-refractivity contribution < 1.29 is 23.9 Å². The highest BCUT2D eigenvalue weighted by atomic mass is 16.5. The summed E-state index contributed by atoms with van der Waals surface area (Å²) in [7, 11) is 0. The number of para-hydroxylation sites is 1. The van der Waals surface area contributed by atoms with Gasteiger partial charge in [-0.25, -0.2) is 9.59 Å². The molecule has 1 saturated heterocycles. The van der Waals surface area contributed by atoms with Crippen molar-refractivity contribution in [3.05, 3.63) is 110 Å². The van der Waals surface area contributed by atoms with E-state index in [2.05, 4.69) is 10.6 Å². The van der Waals surface area contributed by atoms with E-state index in [1.165, 1.54) is 28.8 Å². The van der Waals surface area contributed by atoms with Crippen LogP contribution in [0.4, 0.5) is 5.69 Å². The molecule has 1 fully saturated rings. The molecule has 1 aliphatic heterocycles. The first-order valence-electron chi connectivity index (χ1n) is 14.6. The smallest absolute Gasteiger partial charge is 0.340 e. The molecule has 0 bridgehead atoms. The van der Waals surface area contributed by atoms with Crippen molar-refractivity contribution in [2.24, 2.45) is 0 Å². The number of rotatable bonds is 11. The van der Waals surface area contributed by atoms with Gasteiger partial charge in [-0.15, -0.1) is 0 Å². The summed E-state index contributed by atoms with van der Waals surface area (Å²) in [6.45, 7) is 2.35. The number of anilines is 1. The fourth-order valence-electron chi connectivity index (χ4n) is 5.24. The van der Waals surface area contributed by atoms with Crippen LogP contribution in [0, 0.1) is 0 Å². The van der Waals surface area contributed by atoms with Gasteiger partial charge in [0.2, 0.25) is 5.91 Å². The highest BCUT2D eigenvalue weighted by Gasteiger charge is 2.23. The van der Waals surface area contributed by atoms with Crippen molar-refractivity contribution >= 4 is 34.4 Å². The second-order valence-corrected chi connectivity index (χ2v) is 10.5. The molecule has 11 nitrogen and oxygen atoms in total. The number of benzene rings is 3. The first-order valence-corrected chi connectivity index (χ1v) is 14.6. The number of aromatic nitrogens is 2. The van der Waals surface area contributed by atoms with Gasteiger partial charge in [0.1, 0.15) is 6.54 Å². The van der Waals surface area contributed by atoms with Crippen LogP contribution in [0.3, 0.4) is 0 Å². The standard InChI is InChI=1S/C33H34N4O7/c1-2-43-32(41)25-12-6-7-13-27(25)35-29(38)21-36-28-19-23(30(39)34-17-16-22-9-4-3-5-10-22)14-15-26(28)31(40)37(33(36)42)20-24-11-8-18-44-24/h3-7,9-10,12-15,19,24H,2,8,11,16-18,20-21H2,1H3,(H,34,39)(H,35,38). The number of nitrogens with zero attached hydrogens (tertiary/aromatic N) is 2. The van der Waals surface area contributed by atoms with Crippen LogP contribution in [0.2, 0.25) is 0 Å². The van der Waals surface area contributed by atoms with Crippen LogP contribution in [-0.4, -0.2) is 52.8 Å². The molecule has 0 saturated carbocycles. The van der Waals surface area contributed by atoms with Gasteiger partial charge in [0, 0.05) is 18.7 Å². The number of fused-ring (bicyclic) bond motifs is 1. The molecule has 0 spiro atoms. The lowest BCUT2D eigenvalue weighted by molar-refractivity contribution is -0.116. The Hall–Kier alpha value is -5.03. The average molecular weight is 599 g/mol. The van der Waals surface area contributed by atoms with E-state index in [0.29, 0.717) is 26.0 Å². The fraction of sp³-hybridized carbons (Fsp3) is 0.303. The zero-order valence-corrected chi connectivity index (χ0v) is 24.4. The lowest BCUT2D eigenvalue weighted by Crippen LogP contribution is -2.44.